The zero-order chi connectivity index (χ0) is 17.4. The van der Waals surface area contributed by atoms with Gasteiger partial charge in [0, 0.05) is 44.4 Å². The first-order valence-corrected chi connectivity index (χ1v) is 8.82. The minimum absolute atomic E-state index is 0.299. The number of rotatable bonds is 2. The summed E-state index contributed by atoms with van der Waals surface area (Å²) in [6.07, 6.45) is 4.07. The molecule has 7 heteroatoms. The highest BCUT2D eigenvalue weighted by Crippen LogP contribution is 2.24. The van der Waals surface area contributed by atoms with Crippen LogP contribution in [0, 0.1) is 11.6 Å². The van der Waals surface area contributed by atoms with E-state index in [1.165, 1.54) is 0 Å². The second kappa shape index (κ2) is 6.80. The molecule has 5 nitrogen and oxygen atoms in total. The number of halogens is 2. The maximum atomic E-state index is 13.4. The molecule has 1 aromatic heterocycles. The van der Waals surface area contributed by atoms with Crippen molar-refractivity contribution in [2.24, 2.45) is 0 Å². The molecule has 2 saturated heterocycles. The summed E-state index contributed by atoms with van der Waals surface area (Å²) in [5.74, 6) is -1.05. The van der Waals surface area contributed by atoms with Gasteiger partial charge >= 0.3 is 0 Å². The smallest absolute Gasteiger partial charge is 0.161 e. The zero-order valence-electron chi connectivity index (χ0n) is 14.3. The topological polar surface area (TPSA) is 41.5 Å². The number of ether oxygens (including phenoxy) is 1. The van der Waals surface area contributed by atoms with E-state index in [2.05, 4.69) is 26.7 Å². The van der Waals surface area contributed by atoms with Crippen LogP contribution in [0.4, 0.5) is 14.6 Å². The molecule has 0 saturated carbocycles. The first-order valence-electron chi connectivity index (χ1n) is 8.82. The van der Waals surface area contributed by atoms with Gasteiger partial charge < -0.3 is 9.64 Å². The van der Waals surface area contributed by atoms with Crippen LogP contribution in [0.15, 0.2) is 18.3 Å². The van der Waals surface area contributed by atoms with Gasteiger partial charge in [-0.15, -0.1) is 0 Å². The van der Waals surface area contributed by atoms with Gasteiger partial charge in [0.2, 0.25) is 0 Å². The van der Waals surface area contributed by atoms with Crippen molar-refractivity contribution in [1.82, 2.24) is 14.9 Å². The molecule has 2 aliphatic heterocycles. The molecule has 0 aliphatic carbocycles. The standard InChI is InChI=1S/C18H22F2N4O/c1-12-11-24(6-7-25-12)13-2-4-23(5-3-13)18-10-21-16-8-14(19)15(20)9-17(16)22-18/h8-10,12-13H,2-7,11H2,1H3. The van der Waals surface area contributed by atoms with Crippen LogP contribution in [0.3, 0.4) is 0 Å². The molecule has 1 atom stereocenters. The van der Waals surface area contributed by atoms with Gasteiger partial charge in [-0.05, 0) is 19.8 Å². The molecule has 0 N–H and O–H groups in total. The third-order valence-electron chi connectivity index (χ3n) is 5.15. The second-order valence-corrected chi connectivity index (χ2v) is 6.88. The quantitative estimate of drug-likeness (QED) is 0.834. The van der Waals surface area contributed by atoms with E-state index < -0.39 is 11.6 Å². The van der Waals surface area contributed by atoms with Crippen molar-refractivity contribution in [2.75, 3.05) is 37.7 Å². The molecule has 1 unspecified atom stereocenters. The molecule has 25 heavy (non-hydrogen) atoms. The van der Waals surface area contributed by atoms with Crippen molar-refractivity contribution in [3.8, 4) is 0 Å². The summed E-state index contributed by atoms with van der Waals surface area (Å²) in [6.45, 7) is 6.69. The lowest BCUT2D eigenvalue weighted by atomic mass is 10.0. The molecule has 2 aromatic rings. The van der Waals surface area contributed by atoms with Crippen LogP contribution in [0.25, 0.3) is 11.0 Å². The Bertz CT molecular complexity index is 764. The third-order valence-corrected chi connectivity index (χ3v) is 5.15. The third kappa shape index (κ3) is 3.43. The summed E-state index contributed by atoms with van der Waals surface area (Å²) in [6, 6.07) is 2.78. The molecule has 0 bridgehead atoms. The van der Waals surface area contributed by atoms with Crippen LogP contribution >= 0.6 is 0 Å². The molecule has 2 aliphatic rings. The highest BCUT2D eigenvalue weighted by Gasteiger charge is 2.28. The van der Waals surface area contributed by atoms with Crippen LogP contribution < -0.4 is 4.90 Å². The molecule has 0 amide bonds. The van der Waals surface area contributed by atoms with Gasteiger partial charge in [-0.2, -0.15) is 0 Å². The lowest BCUT2D eigenvalue weighted by molar-refractivity contribution is -0.0373. The molecule has 1 aromatic carbocycles. The Hall–Kier alpha value is -1.86. The van der Waals surface area contributed by atoms with Crippen LogP contribution in [-0.2, 0) is 4.74 Å². The van der Waals surface area contributed by atoms with Crippen LogP contribution in [0.2, 0.25) is 0 Å². The van der Waals surface area contributed by atoms with E-state index in [1.807, 2.05) is 0 Å². The van der Waals surface area contributed by atoms with E-state index in [9.17, 15) is 8.78 Å². The first kappa shape index (κ1) is 16.6. The number of nitrogens with zero attached hydrogens (tertiary/aromatic N) is 4. The molecular formula is C18H22F2N4O. The molecular weight excluding hydrogens is 326 g/mol. The molecule has 134 valence electrons. The number of anilines is 1. The fraction of sp³-hybridized carbons (Fsp3) is 0.556. The van der Waals surface area contributed by atoms with Gasteiger partial charge in [0.25, 0.3) is 0 Å². The monoisotopic (exact) mass is 348 g/mol. The van der Waals surface area contributed by atoms with Crippen molar-refractivity contribution in [3.63, 3.8) is 0 Å². The van der Waals surface area contributed by atoms with E-state index in [0.717, 1.165) is 63.6 Å². The Morgan fingerprint density at radius 2 is 1.80 bits per heavy atom. The minimum atomic E-state index is -0.893. The minimum Gasteiger partial charge on any atom is -0.376 e. The van der Waals surface area contributed by atoms with Gasteiger partial charge in [-0.1, -0.05) is 0 Å². The number of morpholine rings is 1. The van der Waals surface area contributed by atoms with Crippen molar-refractivity contribution >= 4 is 16.9 Å². The number of hydrogen-bond acceptors (Lipinski definition) is 5. The van der Waals surface area contributed by atoms with E-state index in [1.54, 1.807) is 6.20 Å². The summed E-state index contributed by atoms with van der Waals surface area (Å²) in [7, 11) is 0. The SMILES string of the molecule is CC1CN(C2CCN(c3cnc4cc(F)c(F)cc4n3)CC2)CCO1. The molecule has 2 fully saturated rings. The number of hydrogen-bond donors (Lipinski definition) is 0. The Morgan fingerprint density at radius 3 is 2.52 bits per heavy atom. The average Bonchev–Trinajstić information content (AvgIpc) is 2.62. The highest BCUT2D eigenvalue weighted by atomic mass is 19.2. The van der Waals surface area contributed by atoms with Crippen molar-refractivity contribution < 1.29 is 13.5 Å². The summed E-state index contributed by atoms with van der Waals surface area (Å²) < 4.78 is 32.3. The molecule has 0 radical (unpaired) electrons. The highest BCUT2D eigenvalue weighted by molar-refractivity contribution is 5.75. The van der Waals surface area contributed by atoms with Crippen LogP contribution in [0.1, 0.15) is 19.8 Å². The van der Waals surface area contributed by atoms with E-state index in [4.69, 9.17) is 4.74 Å². The molecule has 4 rings (SSSR count). The number of aromatic nitrogens is 2. The maximum absolute atomic E-state index is 13.4. The summed E-state index contributed by atoms with van der Waals surface area (Å²) >= 11 is 0. The van der Waals surface area contributed by atoms with Crippen molar-refractivity contribution in [2.45, 2.75) is 31.9 Å². The van der Waals surface area contributed by atoms with Crippen molar-refractivity contribution in [3.05, 3.63) is 30.0 Å². The van der Waals surface area contributed by atoms with Crippen molar-refractivity contribution in [1.29, 1.82) is 0 Å². The summed E-state index contributed by atoms with van der Waals surface area (Å²) in [5.41, 5.74) is 0.764. The molecule has 0 spiro atoms. The van der Waals surface area contributed by atoms with E-state index >= 15 is 0 Å². The summed E-state index contributed by atoms with van der Waals surface area (Å²) in [4.78, 5) is 13.4. The molecule has 3 heterocycles. The fourth-order valence-electron chi connectivity index (χ4n) is 3.79. The summed E-state index contributed by atoms with van der Waals surface area (Å²) in [5, 5.41) is 0. The van der Waals surface area contributed by atoms with E-state index in [0.29, 0.717) is 23.2 Å². The Kier molecular flexibility index (Phi) is 4.52. The number of fused-ring (bicyclic) bond motifs is 1. The zero-order valence-corrected chi connectivity index (χ0v) is 14.3. The van der Waals surface area contributed by atoms with E-state index in [-0.39, 0.29) is 0 Å². The van der Waals surface area contributed by atoms with Crippen LogP contribution in [0.5, 0.6) is 0 Å². The first-order chi connectivity index (χ1) is 12.1. The maximum Gasteiger partial charge on any atom is 0.161 e. The lowest BCUT2D eigenvalue weighted by Crippen LogP contribution is -2.51. The largest absolute Gasteiger partial charge is 0.376 e. The fourth-order valence-corrected chi connectivity index (χ4v) is 3.79. The Balaban J connectivity index is 1.45. The predicted octanol–water partition coefficient (Wildman–Crippen LogP) is 2.60. The van der Waals surface area contributed by atoms with Gasteiger partial charge in [0.15, 0.2) is 11.6 Å². The normalized spacial score (nSPS) is 23.3. The van der Waals surface area contributed by atoms with Crippen LogP contribution in [-0.4, -0.2) is 59.8 Å². The average molecular weight is 348 g/mol. The van der Waals surface area contributed by atoms with Gasteiger partial charge in [-0.25, -0.2) is 13.8 Å². The second-order valence-electron chi connectivity index (χ2n) is 6.88. The number of benzene rings is 1. The Labute approximate surface area is 145 Å². The Morgan fingerprint density at radius 1 is 1.08 bits per heavy atom. The van der Waals surface area contributed by atoms with Gasteiger partial charge in [0.1, 0.15) is 5.82 Å². The predicted molar refractivity (Wildman–Crippen MR) is 91.7 cm³/mol. The number of piperidine rings is 1. The van der Waals surface area contributed by atoms with Gasteiger partial charge in [0.05, 0.1) is 29.9 Å². The van der Waals surface area contributed by atoms with Gasteiger partial charge in [-0.3, -0.25) is 9.88 Å². The lowest BCUT2D eigenvalue weighted by Gasteiger charge is -2.41.